The summed E-state index contributed by atoms with van der Waals surface area (Å²) in [6.07, 6.45) is 0.726. The maximum absolute atomic E-state index is 7.86. The van der Waals surface area contributed by atoms with Crippen LogP contribution in [0.25, 0.3) is 0 Å². The molecule has 2 N–H and O–H groups in total. The average Bonchev–Trinajstić information content (AvgIpc) is 2.27. The lowest BCUT2D eigenvalue weighted by Gasteiger charge is -2.10. The lowest BCUT2D eigenvalue weighted by molar-refractivity contribution is 0.304. The molecular formula is C12H26N3O2P. The number of hydrogen-bond acceptors (Lipinski definition) is 5. The zero-order valence-electron chi connectivity index (χ0n) is 11.8. The van der Waals surface area contributed by atoms with Gasteiger partial charge in [-0.1, -0.05) is 27.7 Å². The average molecular weight is 275 g/mol. The van der Waals surface area contributed by atoms with Crippen LogP contribution in [0.1, 0.15) is 40.5 Å². The summed E-state index contributed by atoms with van der Waals surface area (Å²) in [5.74, 6) is 0. The zero-order chi connectivity index (χ0) is 14.8. The number of aliphatic hydroxyl groups is 1. The molecule has 0 aliphatic rings. The minimum Gasteiger partial charge on any atom is -0.395 e. The van der Waals surface area contributed by atoms with E-state index in [0.29, 0.717) is 25.1 Å². The quantitative estimate of drug-likeness (QED) is 0.591. The molecule has 0 radical (unpaired) electrons. The second-order valence-corrected chi connectivity index (χ2v) is 4.22. The van der Waals surface area contributed by atoms with Gasteiger partial charge in [0.15, 0.2) is 0 Å². The molecule has 0 saturated carbocycles. The molecule has 0 aromatic carbocycles. The third-order valence-electron chi connectivity index (χ3n) is 1.22. The predicted octanol–water partition coefficient (Wildman–Crippen LogP) is 1.99. The van der Waals surface area contributed by atoms with Gasteiger partial charge in [0.1, 0.15) is 0 Å². The summed E-state index contributed by atoms with van der Waals surface area (Å²) in [6, 6.07) is 4.95. The van der Waals surface area contributed by atoms with Gasteiger partial charge in [-0.25, -0.2) is 0 Å². The fourth-order valence-corrected chi connectivity index (χ4v) is 0.939. The Morgan fingerprint density at radius 1 is 1.11 bits per heavy atom. The molecule has 1 atom stereocenters. The number of nitrogens with zero attached hydrogens (tertiary/aromatic N) is 2. The minimum atomic E-state index is -0.0174. The van der Waals surface area contributed by atoms with E-state index in [2.05, 4.69) is 47.0 Å². The van der Waals surface area contributed by atoms with E-state index in [1.807, 2.05) is 6.07 Å². The molecule has 0 aromatic rings. The highest BCUT2D eigenvalue weighted by Crippen LogP contribution is 1.84. The molecule has 0 aliphatic heterocycles. The first kappa shape index (κ1) is 22.5. The van der Waals surface area contributed by atoms with Gasteiger partial charge in [0, 0.05) is 21.6 Å². The van der Waals surface area contributed by atoms with Crippen LogP contribution in [0.2, 0.25) is 0 Å². The minimum absolute atomic E-state index is 0.0174. The third-order valence-corrected chi connectivity index (χ3v) is 1.46. The molecule has 0 aliphatic carbocycles. The van der Waals surface area contributed by atoms with E-state index in [4.69, 9.17) is 15.6 Å². The van der Waals surface area contributed by atoms with Crippen molar-refractivity contribution in [2.24, 2.45) is 0 Å². The van der Waals surface area contributed by atoms with E-state index in [-0.39, 0.29) is 13.0 Å². The molecule has 6 heteroatoms. The fourth-order valence-electron chi connectivity index (χ4n) is 0.821. The zero-order valence-corrected chi connectivity index (χ0v) is 13.0. The van der Waals surface area contributed by atoms with Crippen molar-refractivity contribution in [3.63, 3.8) is 0 Å². The van der Waals surface area contributed by atoms with Crippen LogP contribution in [0.15, 0.2) is 0 Å². The van der Waals surface area contributed by atoms with Gasteiger partial charge in [0.05, 0.1) is 38.2 Å². The summed E-state index contributed by atoms with van der Waals surface area (Å²) in [5, 5.41) is 26.7. The molecule has 106 valence electrons. The van der Waals surface area contributed by atoms with Crippen LogP contribution in [0.3, 0.4) is 0 Å². The summed E-state index contributed by atoms with van der Waals surface area (Å²) in [7, 11) is 2.08. The van der Waals surface area contributed by atoms with Crippen LogP contribution in [-0.2, 0) is 4.52 Å². The van der Waals surface area contributed by atoms with E-state index >= 15 is 0 Å². The largest absolute Gasteiger partial charge is 0.395 e. The topological polar surface area (TPSA) is 89.1 Å². The van der Waals surface area contributed by atoms with Crippen LogP contribution in [0.4, 0.5) is 0 Å². The van der Waals surface area contributed by atoms with Crippen molar-refractivity contribution in [2.45, 2.75) is 52.6 Å². The van der Waals surface area contributed by atoms with Gasteiger partial charge in [-0.3, -0.25) is 0 Å². The van der Waals surface area contributed by atoms with Crippen LogP contribution >= 0.6 is 9.47 Å². The molecule has 1 unspecified atom stereocenters. The van der Waals surface area contributed by atoms with Crippen molar-refractivity contribution < 1.29 is 9.63 Å². The Kier molecular flexibility index (Phi) is 26.9. The Labute approximate surface area is 113 Å². The van der Waals surface area contributed by atoms with Crippen molar-refractivity contribution in [1.29, 1.82) is 10.5 Å². The number of nitriles is 2. The SMILES string of the molecule is CC(C)NC(C)C.N#CCCO.N#CCCOP. The van der Waals surface area contributed by atoms with E-state index in [1.54, 1.807) is 6.07 Å². The Hall–Kier alpha value is -0.710. The van der Waals surface area contributed by atoms with Crippen LogP contribution in [-0.4, -0.2) is 30.4 Å². The van der Waals surface area contributed by atoms with Crippen molar-refractivity contribution in [2.75, 3.05) is 13.2 Å². The van der Waals surface area contributed by atoms with Gasteiger partial charge in [0.25, 0.3) is 0 Å². The van der Waals surface area contributed by atoms with E-state index < -0.39 is 0 Å². The van der Waals surface area contributed by atoms with Gasteiger partial charge in [-0.2, -0.15) is 10.5 Å². The van der Waals surface area contributed by atoms with Gasteiger partial charge in [-0.15, -0.1) is 0 Å². The number of nitrogens with one attached hydrogen (secondary N) is 1. The number of rotatable bonds is 5. The Bertz CT molecular complexity index is 216. The van der Waals surface area contributed by atoms with Crippen molar-refractivity contribution in [3.8, 4) is 12.1 Å². The van der Waals surface area contributed by atoms with Gasteiger partial charge in [-0.05, 0) is 0 Å². The fraction of sp³-hybridized carbons (Fsp3) is 0.833. The molecule has 0 aromatic heterocycles. The van der Waals surface area contributed by atoms with Gasteiger partial charge in [0.2, 0.25) is 0 Å². The number of hydrogen-bond donors (Lipinski definition) is 2. The normalized spacial score (nSPS) is 8.56. The molecule has 0 saturated heterocycles. The van der Waals surface area contributed by atoms with Crippen LogP contribution < -0.4 is 5.32 Å². The molecule has 0 spiro atoms. The summed E-state index contributed by atoms with van der Waals surface area (Å²) < 4.78 is 4.48. The first-order chi connectivity index (χ1) is 8.45. The molecule has 0 rings (SSSR count). The van der Waals surface area contributed by atoms with E-state index in [1.165, 1.54) is 0 Å². The van der Waals surface area contributed by atoms with Gasteiger partial charge >= 0.3 is 0 Å². The summed E-state index contributed by atoms with van der Waals surface area (Å²) in [6.45, 7) is 9.11. The molecule has 0 bridgehead atoms. The highest BCUT2D eigenvalue weighted by molar-refractivity contribution is 7.09. The summed E-state index contributed by atoms with van der Waals surface area (Å²) in [4.78, 5) is 0. The third kappa shape index (κ3) is 45.4. The molecule has 0 amide bonds. The molecule has 0 heterocycles. The van der Waals surface area contributed by atoms with Crippen molar-refractivity contribution in [1.82, 2.24) is 5.32 Å². The second kappa shape index (κ2) is 21.6. The molecular weight excluding hydrogens is 249 g/mol. The Morgan fingerprint density at radius 2 is 1.56 bits per heavy atom. The molecule has 18 heavy (non-hydrogen) atoms. The summed E-state index contributed by atoms with van der Waals surface area (Å²) >= 11 is 0. The first-order valence-electron chi connectivity index (χ1n) is 5.88. The standard InChI is InChI=1S/C6H15N.C3H6NOP.C3H5NO/c1-5(2)7-6(3)4;4-2-1-3-5-6;4-2-1-3-5/h5-7H,1-4H3;1,3,6H2;5H,1,3H2. The maximum Gasteiger partial charge on any atom is 0.0646 e. The van der Waals surface area contributed by atoms with Crippen LogP contribution in [0.5, 0.6) is 0 Å². The van der Waals surface area contributed by atoms with Crippen molar-refractivity contribution in [3.05, 3.63) is 0 Å². The first-order valence-corrected chi connectivity index (χ1v) is 6.35. The molecule has 0 fully saturated rings. The Balaban J connectivity index is -0.000000190. The van der Waals surface area contributed by atoms with Crippen LogP contribution in [0, 0.1) is 22.7 Å². The highest BCUT2D eigenvalue weighted by Gasteiger charge is 1.92. The number of aliphatic hydroxyl groups excluding tert-OH is 1. The Morgan fingerprint density at radius 3 is 1.61 bits per heavy atom. The lowest BCUT2D eigenvalue weighted by Crippen LogP contribution is -2.29. The smallest absolute Gasteiger partial charge is 0.0646 e. The van der Waals surface area contributed by atoms with E-state index in [9.17, 15) is 0 Å². The summed E-state index contributed by atoms with van der Waals surface area (Å²) in [5.41, 5.74) is 0. The maximum atomic E-state index is 7.86. The predicted molar refractivity (Wildman–Crippen MR) is 76.6 cm³/mol. The van der Waals surface area contributed by atoms with Gasteiger partial charge < -0.3 is 14.9 Å². The lowest BCUT2D eigenvalue weighted by atomic mass is 10.3. The monoisotopic (exact) mass is 275 g/mol. The second-order valence-electron chi connectivity index (χ2n) is 3.89. The van der Waals surface area contributed by atoms with Crippen molar-refractivity contribution >= 4 is 9.47 Å². The van der Waals surface area contributed by atoms with E-state index in [0.717, 1.165) is 0 Å². The highest BCUT2D eigenvalue weighted by atomic mass is 31.0. The molecule has 5 nitrogen and oxygen atoms in total.